The minimum absolute atomic E-state index is 0.249. The molecule has 0 spiro atoms. The van der Waals surface area contributed by atoms with E-state index in [0.29, 0.717) is 22.8 Å². The van der Waals surface area contributed by atoms with Crippen LogP contribution in [-0.2, 0) is 6.42 Å². The lowest BCUT2D eigenvalue weighted by Gasteiger charge is -2.07. The number of carboxylic acids is 1. The Morgan fingerprint density at radius 1 is 1.16 bits per heavy atom. The molecule has 4 nitrogen and oxygen atoms in total. The molecule has 0 aliphatic heterocycles. The van der Waals surface area contributed by atoms with Gasteiger partial charge in [-0.25, -0.2) is 9.48 Å². The molecule has 0 fully saturated rings. The van der Waals surface area contributed by atoms with E-state index in [4.69, 9.17) is 11.6 Å². The number of aromatic carboxylic acids is 1. The van der Waals surface area contributed by atoms with Crippen LogP contribution in [0.25, 0.3) is 16.9 Å². The van der Waals surface area contributed by atoms with Gasteiger partial charge in [-0.2, -0.15) is 5.10 Å². The van der Waals surface area contributed by atoms with E-state index >= 15 is 0 Å². The van der Waals surface area contributed by atoms with Crippen molar-refractivity contribution in [1.29, 1.82) is 0 Å². The van der Waals surface area contributed by atoms with Crippen molar-refractivity contribution in [2.75, 3.05) is 0 Å². The first kappa shape index (κ1) is 17.7. The molecular weight excluding hydrogens is 404 g/mol. The van der Waals surface area contributed by atoms with E-state index in [-0.39, 0.29) is 5.56 Å². The molecule has 0 atom stereocenters. The Labute approximate surface area is 159 Å². The van der Waals surface area contributed by atoms with Crippen LogP contribution < -0.4 is 0 Å². The van der Waals surface area contributed by atoms with E-state index in [0.717, 1.165) is 22.1 Å². The molecule has 25 heavy (non-hydrogen) atoms. The first-order chi connectivity index (χ1) is 12.0. The minimum atomic E-state index is -0.971. The highest BCUT2D eigenvalue weighted by Gasteiger charge is 2.24. The standard InChI is InChI=1S/C19H16BrClN2O2/c1-2-3-16-17(19(24)25)18(12-4-6-13(20)7-5-12)22-23(16)15-10-8-14(21)9-11-15/h4-11H,2-3H2,1H3,(H,24,25). The van der Waals surface area contributed by atoms with E-state index in [1.165, 1.54) is 0 Å². The molecular formula is C19H16BrClN2O2. The van der Waals surface area contributed by atoms with Gasteiger partial charge in [0, 0.05) is 15.1 Å². The molecule has 128 valence electrons. The van der Waals surface area contributed by atoms with Crippen LogP contribution in [0.2, 0.25) is 5.02 Å². The Bertz CT molecular complexity index is 902. The van der Waals surface area contributed by atoms with E-state index in [9.17, 15) is 9.90 Å². The molecule has 0 saturated carbocycles. The zero-order valence-electron chi connectivity index (χ0n) is 13.5. The number of carboxylic acid groups (broad SMARTS) is 1. The summed E-state index contributed by atoms with van der Waals surface area (Å²) in [6.07, 6.45) is 1.44. The molecule has 3 aromatic rings. The number of halogens is 2. The van der Waals surface area contributed by atoms with Crippen molar-refractivity contribution in [1.82, 2.24) is 9.78 Å². The number of carbonyl (C=O) groups is 1. The number of aromatic nitrogens is 2. The van der Waals surface area contributed by atoms with Crippen molar-refractivity contribution >= 4 is 33.5 Å². The molecule has 1 N–H and O–H groups in total. The second-order valence-corrected chi connectivity index (χ2v) is 6.97. The zero-order valence-corrected chi connectivity index (χ0v) is 15.9. The summed E-state index contributed by atoms with van der Waals surface area (Å²) in [5.41, 5.74) is 2.97. The smallest absolute Gasteiger partial charge is 0.339 e. The zero-order chi connectivity index (χ0) is 18.0. The van der Waals surface area contributed by atoms with Crippen LogP contribution in [0.5, 0.6) is 0 Å². The first-order valence-corrected chi connectivity index (χ1v) is 9.05. The van der Waals surface area contributed by atoms with Crippen LogP contribution >= 0.6 is 27.5 Å². The van der Waals surface area contributed by atoms with Crippen LogP contribution in [0.15, 0.2) is 53.0 Å². The Kier molecular flexibility index (Phi) is 5.25. The van der Waals surface area contributed by atoms with Gasteiger partial charge in [0.2, 0.25) is 0 Å². The maximum Gasteiger partial charge on any atom is 0.339 e. The van der Waals surface area contributed by atoms with Gasteiger partial charge >= 0.3 is 5.97 Å². The molecule has 0 aliphatic rings. The fourth-order valence-electron chi connectivity index (χ4n) is 2.75. The first-order valence-electron chi connectivity index (χ1n) is 7.88. The summed E-state index contributed by atoms with van der Waals surface area (Å²) in [6, 6.07) is 14.7. The van der Waals surface area contributed by atoms with Gasteiger partial charge in [-0.05, 0) is 42.8 Å². The van der Waals surface area contributed by atoms with Crippen molar-refractivity contribution in [3.8, 4) is 16.9 Å². The summed E-state index contributed by atoms with van der Waals surface area (Å²) in [5.74, 6) is -0.971. The van der Waals surface area contributed by atoms with Crippen molar-refractivity contribution < 1.29 is 9.90 Å². The van der Waals surface area contributed by atoms with Crippen molar-refractivity contribution in [2.24, 2.45) is 0 Å². The summed E-state index contributed by atoms with van der Waals surface area (Å²) in [6.45, 7) is 2.02. The molecule has 0 bridgehead atoms. The third-order valence-corrected chi connectivity index (χ3v) is 4.65. The van der Waals surface area contributed by atoms with E-state index < -0.39 is 5.97 Å². The second-order valence-electron chi connectivity index (χ2n) is 5.62. The highest BCUT2D eigenvalue weighted by molar-refractivity contribution is 9.10. The third-order valence-electron chi connectivity index (χ3n) is 3.87. The number of benzene rings is 2. The Morgan fingerprint density at radius 2 is 1.80 bits per heavy atom. The average molecular weight is 420 g/mol. The normalized spacial score (nSPS) is 10.8. The molecule has 6 heteroatoms. The third kappa shape index (κ3) is 3.62. The van der Waals surface area contributed by atoms with Crippen LogP contribution in [0.1, 0.15) is 29.4 Å². The van der Waals surface area contributed by atoms with Crippen LogP contribution in [-0.4, -0.2) is 20.9 Å². The Hall–Kier alpha value is -2.11. The second kappa shape index (κ2) is 7.42. The number of hydrogen-bond donors (Lipinski definition) is 1. The molecule has 1 heterocycles. The molecule has 2 aromatic carbocycles. The lowest BCUT2D eigenvalue weighted by atomic mass is 10.0. The van der Waals surface area contributed by atoms with Gasteiger partial charge in [0.15, 0.2) is 0 Å². The van der Waals surface area contributed by atoms with Crippen LogP contribution in [0, 0.1) is 0 Å². The summed E-state index contributed by atoms with van der Waals surface area (Å²) in [4.78, 5) is 12.0. The van der Waals surface area contributed by atoms with E-state index in [2.05, 4.69) is 21.0 Å². The minimum Gasteiger partial charge on any atom is -0.478 e. The summed E-state index contributed by atoms with van der Waals surface area (Å²) >= 11 is 9.37. The monoisotopic (exact) mass is 418 g/mol. The molecule has 0 amide bonds. The molecule has 1 aromatic heterocycles. The molecule has 0 saturated heterocycles. The van der Waals surface area contributed by atoms with Crippen LogP contribution in [0.3, 0.4) is 0 Å². The van der Waals surface area contributed by atoms with Crippen molar-refractivity contribution in [2.45, 2.75) is 19.8 Å². The maximum atomic E-state index is 12.0. The highest BCUT2D eigenvalue weighted by Crippen LogP contribution is 2.30. The van der Waals surface area contributed by atoms with E-state index in [1.54, 1.807) is 16.8 Å². The van der Waals surface area contributed by atoms with Gasteiger partial charge < -0.3 is 5.11 Å². The maximum absolute atomic E-state index is 12.0. The van der Waals surface area contributed by atoms with Gasteiger partial charge in [-0.3, -0.25) is 0 Å². The van der Waals surface area contributed by atoms with Crippen molar-refractivity contribution in [3.05, 3.63) is 69.3 Å². The Morgan fingerprint density at radius 3 is 2.36 bits per heavy atom. The predicted octanol–water partition coefficient (Wildman–Crippen LogP) is 5.61. The van der Waals surface area contributed by atoms with Crippen molar-refractivity contribution in [3.63, 3.8) is 0 Å². The fourth-order valence-corrected chi connectivity index (χ4v) is 3.14. The van der Waals surface area contributed by atoms with Gasteiger partial charge in [0.05, 0.1) is 11.4 Å². The van der Waals surface area contributed by atoms with Gasteiger partial charge in [-0.1, -0.05) is 53.0 Å². The fraction of sp³-hybridized carbons (Fsp3) is 0.158. The highest BCUT2D eigenvalue weighted by atomic mass is 79.9. The van der Waals surface area contributed by atoms with Crippen LogP contribution in [0.4, 0.5) is 0 Å². The molecule has 0 radical (unpaired) electrons. The van der Waals surface area contributed by atoms with Gasteiger partial charge in [-0.15, -0.1) is 0 Å². The molecule has 0 aliphatic carbocycles. The Balaban J connectivity index is 2.24. The molecule has 0 unspecified atom stereocenters. The number of hydrogen-bond acceptors (Lipinski definition) is 2. The summed E-state index contributed by atoms with van der Waals surface area (Å²) in [5, 5.41) is 15.1. The van der Waals surface area contributed by atoms with Gasteiger partial charge in [0.1, 0.15) is 11.3 Å². The summed E-state index contributed by atoms with van der Waals surface area (Å²) < 4.78 is 2.64. The molecule has 3 rings (SSSR count). The average Bonchev–Trinajstić information content (AvgIpc) is 2.96. The quantitative estimate of drug-likeness (QED) is 0.585. The number of nitrogens with zero attached hydrogens (tertiary/aromatic N) is 2. The predicted molar refractivity (Wildman–Crippen MR) is 103 cm³/mol. The number of rotatable bonds is 5. The largest absolute Gasteiger partial charge is 0.478 e. The lowest BCUT2D eigenvalue weighted by Crippen LogP contribution is -2.06. The topological polar surface area (TPSA) is 55.1 Å². The lowest BCUT2D eigenvalue weighted by molar-refractivity contribution is 0.0696. The van der Waals surface area contributed by atoms with E-state index in [1.807, 2.05) is 43.3 Å². The summed E-state index contributed by atoms with van der Waals surface area (Å²) in [7, 11) is 0. The van der Waals surface area contributed by atoms with Gasteiger partial charge in [0.25, 0.3) is 0 Å². The SMILES string of the molecule is CCCc1c(C(=O)O)c(-c2ccc(Br)cc2)nn1-c1ccc(Cl)cc1.